The van der Waals surface area contributed by atoms with Crippen LogP contribution in [0, 0.1) is 5.21 Å². The summed E-state index contributed by atoms with van der Waals surface area (Å²) in [5, 5.41) is 19.5. The zero-order valence-electron chi connectivity index (χ0n) is 13.4. The highest BCUT2D eigenvalue weighted by molar-refractivity contribution is 8.01. The molecule has 8 heteroatoms. The molecule has 3 aromatic rings. The summed E-state index contributed by atoms with van der Waals surface area (Å²) in [4.78, 5) is 16.9. The van der Waals surface area contributed by atoms with Crippen LogP contribution in [0.4, 0.5) is 5.69 Å². The topological polar surface area (TPSA) is 86.9 Å². The van der Waals surface area contributed by atoms with Crippen molar-refractivity contribution in [3.8, 4) is 5.75 Å². The largest absolute Gasteiger partial charge is 0.595 e. The number of benzene rings is 2. The summed E-state index contributed by atoms with van der Waals surface area (Å²) in [5.41, 5.74) is 1.27. The summed E-state index contributed by atoms with van der Waals surface area (Å²) >= 11 is 2.89. The second-order valence-corrected chi connectivity index (χ2v) is 7.36. The summed E-state index contributed by atoms with van der Waals surface area (Å²) in [5.74, 6) is 0.326. The summed E-state index contributed by atoms with van der Waals surface area (Å²) in [6, 6.07) is 12.3. The number of fused-ring (bicyclic) bond motifs is 1. The minimum atomic E-state index is -1.11. The van der Waals surface area contributed by atoms with E-state index in [4.69, 9.17) is 4.74 Å². The van der Waals surface area contributed by atoms with Crippen LogP contribution in [0.5, 0.6) is 5.75 Å². The Hall–Kier alpha value is -1.97. The normalized spacial score (nSPS) is 12.3. The van der Waals surface area contributed by atoms with Crippen LogP contribution in [0.2, 0.25) is 0 Å². The number of thioether (sulfide) groups is 1. The molecule has 1 unspecified atom stereocenters. The third-order valence-corrected chi connectivity index (χ3v) is 5.61. The summed E-state index contributed by atoms with van der Waals surface area (Å²) in [6.07, 6.45) is 0. The zero-order valence-corrected chi connectivity index (χ0v) is 15.0. The Labute approximate surface area is 152 Å². The predicted octanol–water partition coefficient (Wildman–Crippen LogP) is 3.07. The molecular formula is C17H16N2O4S2. The van der Waals surface area contributed by atoms with E-state index in [1.165, 1.54) is 35.2 Å². The van der Waals surface area contributed by atoms with E-state index in [-0.39, 0.29) is 23.0 Å². The molecule has 0 spiro atoms. The van der Waals surface area contributed by atoms with E-state index in [1.807, 2.05) is 24.3 Å². The van der Waals surface area contributed by atoms with E-state index in [0.29, 0.717) is 12.2 Å². The maximum atomic E-state index is 12.4. The van der Waals surface area contributed by atoms with E-state index in [1.54, 1.807) is 13.0 Å². The molecule has 2 aromatic carbocycles. The molecule has 0 radical (unpaired) electrons. The number of carbonyl (C=O) groups excluding carboxylic acids is 1. The highest BCUT2D eigenvalue weighted by Crippen LogP contribution is 2.30. The first-order valence-corrected chi connectivity index (χ1v) is 9.40. The Morgan fingerprint density at radius 2 is 2.16 bits per heavy atom. The molecule has 25 heavy (non-hydrogen) atoms. The van der Waals surface area contributed by atoms with Gasteiger partial charge in [-0.1, -0.05) is 23.9 Å². The smallest absolute Gasteiger partial charge is 0.206 e. The minimum absolute atomic E-state index is 0.00214. The molecule has 0 bridgehead atoms. The number of ketones is 1. The molecule has 1 atom stereocenters. The average Bonchev–Trinajstić information content (AvgIpc) is 3.03. The lowest BCUT2D eigenvalue weighted by Gasteiger charge is -2.16. The Morgan fingerprint density at radius 3 is 2.88 bits per heavy atom. The van der Waals surface area contributed by atoms with Crippen LogP contribution in [-0.4, -0.2) is 28.3 Å². The number of para-hydroxylation sites is 1. The summed E-state index contributed by atoms with van der Waals surface area (Å²) in [6.45, 7) is 2.14. The van der Waals surface area contributed by atoms with Crippen molar-refractivity contribution in [2.75, 3.05) is 12.4 Å². The van der Waals surface area contributed by atoms with E-state index in [0.717, 1.165) is 14.6 Å². The number of thiazole rings is 1. The lowest BCUT2D eigenvalue weighted by atomic mass is 10.1. The van der Waals surface area contributed by atoms with Crippen molar-refractivity contribution in [1.82, 2.24) is 4.98 Å². The predicted molar refractivity (Wildman–Crippen MR) is 98.1 cm³/mol. The molecule has 0 aliphatic carbocycles. The summed E-state index contributed by atoms with van der Waals surface area (Å²) < 4.78 is 7.18. The van der Waals surface area contributed by atoms with Crippen molar-refractivity contribution in [2.24, 2.45) is 0 Å². The van der Waals surface area contributed by atoms with E-state index < -0.39 is 5.23 Å². The number of carbonyl (C=O) groups is 1. The monoisotopic (exact) mass is 376 g/mol. The number of rotatable bonds is 7. The van der Waals surface area contributed by atoms with Gasteiger partial charge in [-0.2, -0.15) is 5.23 Å². The number of nitrogens with one attached hydrogen (secondary N) is 1. The molecule has 0 aliphatic rings. The first-order valence-electron chi connectivity index (χ1n) is 7.60. The molecule has 1 aromatic heterocycles. The van der Waals surface area contributed by atoms with Crippen LogP contribution < -0.4 is 9.96 Å². The van der Waals surface area contributed by atoms with Gasteiger partial charge in [0.1, 0.15) is 0 Å². The van der Waals surface area contributed by atoms with Gasteiger partial charge >= 0.3 is 0 Å². The molecule has 0 aliphatic heterocycles. The lowest BCUT2D eigenvalue weighted by molar-refractivity contribution is -0.991. The molecule has 3 rings (SSSR count). The van der Waals surface area contributed by atoms with Crippen molar-refractivity contribution in [1.29, 1.82) is 0 Å². The second-order valence-electron chi connectivity index (χ2n) is 5.11. The quantitative estimate of drug-likeness (QED) is 0.374. The number of hydrogen-bond acceptors (Lipinski definition) is 7. The van der Waals surface area contributed by atoms with Crippen LogP contribution in [0.1, 0.15) is 17.3 Å². The Balaban J connectivity index is 1.73. The van der Waals surface area contributed by atoms with Crippen LogP contribution in [0.3, 0.4) is 0 Å². The highest BCUT2D eigenvalue weighted by atomic mass is 32.2. The lowest BCUT2D eigenvalue weighted by Crippen LogP contribution is -2.99. The molecule has 0 amide bonds. The number of Topliss-reactive ketones (excluding diaryl/α,β-unsaturated/α-hetero) is 1. The first-order chi connectivity index (χ1) is 12.1. The standard InChI is InChI=1S/C17H16N2O4S2/c1-2-23-15-8-7-11(9-13(15)19(21)22)14(20)10-24-17-18-12-5-3-4-6-16(12)25-17/h3-9,19,21H,2,10H2,1H3. The highest BCUT2D eigenvalue weighted by Gasteiger charge is 2.16. The Morgan fingerprint density at radius 1 is 1.36 bits per heavy atom. The number of quaternary nitrogens is 1. The van der Waals surface area contributed by atoms with Gasteiger partial charge in [-0.25, -0.2) is 10.2 Å². The van der Waals surface area contributed by atoms with Crippen LogP contribution in [-0.2, 0) is 0 Å². The second kappa shape index (κ2) is 7.94. The SMILES string of the molecule is CCOc1ccc(C(=O)CSc2nc3ccccc3s2)cc1[NH+]([O-])O. The van der Waals surface area contributed by atoms with E-state index in [9.17, 15) is 15.2 Å². The third-order valence-electron chi connectivity index (χ3n) is 3.43. The fourth-order valence-electron chi connectivity index (χ4n) is 2.28. The van der Waals surface area contributed by atoms with E-state index >= 15 is 0 Å². The molecule has 2 N–H and O–H groups in total. The van der Waals surface area contributed by atoms with Crippen LogP contribution in [0.25, 0.3) is 10.2 Å². The van der Waals surface area contributed by atoms with Crippen molar-refractivity contribution < 1.29 is 20.0 Å². The fraction of sp³-hybridized carbons (Fsp3) is 0.176. The van der Waals surface area contributed by atoms with E-state index in [2.05, 4.69) is 4.98 Å². The fourth-order valence-corrected chi connectivity index (χ4v) is 4.24. The van der Waals surface area contributed by atoms with Gasteiger partial charge in [0.25, 0.3) is 0 Å². The Kier molecular flexibility index (Phi) is 5.67. The maximum Gasteiger partial charge on any atom is 0.206 e. The van der Waals surface area contributed by atoms with Crippen molar-refractivity contribution >= 4 is 44.8 Å². The van der Waals surface area contributed by atoms with Gasteiger partial charge < -0.3 is 9.94 Å². The van der Waals surface area contributed by atoms with Gasteiger partial charge in [-0.05, 0) is 31.2 Å². The molecule has 0 saturated heterocycles. The maximum absolute atomic E-state index is 12.4. The zero-order chi connectivity index (χ0) is 17.8. The van der Waals surface area contributed by atoms with Gasteiger partial charge in [0.2, 0.25) is 5.69 Å². The van der Waals surface area contributed by atoms with Crippen molar-refractivity contribution in [3.05, 3.63) is 53.2 Å². The van der Waals surface area contributed by atoms with Gasteiger partial charge in [-0.3, -0.25) is 4.79 Å². The summed E-state index contributed by atoms with van der Waals surface area (Å²) in [7, 11) is 0. The molecular weight excluding hydrogens is 360 g/mol. The minimum Gasteiger partial charge on any atom is -0.595 e. The number of hydrogen-bond donors (Lipinski definition) is 2. The van der Waals surface area contributed by atoms with Crippen LogP contribution >= 0.6 is 23.1 Å². The molecule has 0 fully saturated rings. The Bertz CT molecular complexity index is 862. The molecule has 6 nitrogen and oxygen atoms in total. The van der Waals surface area contributed by atoms with Gasteiger partial charge in [0.15, 0.2) is 15.9 Å². The molecule has 1 heterocycles. The number of aromatic nitrogens is 1. The number of nitrogens with zero attached hydrogens (tertiary/aromatic N) is 1. The van der Waals surface area contributed by atoms with Crippen molar-refractivity contribution in [3.63, 3.8) is 0 Å². The molecule has 0 saturated carbocycles. The number of ether oxygens (including phenoxy) is 1. The van der Waals surface area contributed by atoms with Crippen molar-refractivity contribution in [2.45, 2.75) is 11.3 Å². The average molecular weight is 376 g/mol. The first kappa shape index (κ1) is 17.8. The van der Waals surface area contributed by atoms with Gasteiger partial charge in [-0.15, -0.1) is 11.3 Å². The van der Waals surface area contributed by atoms with Gasteiger partial charge in [0.05, 0.1) is 22.6 Å². The van der Waals surface area contributed by atoms with Gasteiger partial charge in [0, 0.05) is 11.6 Å². The molecule has 130 valence electrons. The van der Waals surface area contributed by atoms with Crippen LogP contribution in [0.15, 0.2) is 46.8 Å². The third kappa shape index (κ3) is 4.17.